The molecule has 3 rings (SSSR count). The molecule has 0 saturated heterocycles. The lowest BCUT2D eigenvalue weighted by Crippen LogP contribution is -1.94. The first-order chi connectivity index (χ1) is 10.2. The van der Waals surface area contributed by atoms with Crippen LogP contribution in [0.3, 0.4) is 0 Å². The average Bonchev–Trinajstić information content (AvgIpc) is 2.52. The SMILES string of the molecule is COc1ccc(Sc2c(F)cc(N)c3cccnc23)cc1. The van der Waals surface area contributed by atoms with Crippen molar-refractivity contribution in [1.29, 1.82) is 0 Å². The standard InChI is InChI=1S/C16H13FN2OS/c1-20-10-4-6-11(7-5-10)21-16-13(17)9-14(18)12-3-2-8-19-15(12)16/h2-9H,18H2,1H3. The lowest BCUT2D eigenvalue weighted by Gasteiger charge is -2.09. The Morgan fingerprint density at radius 2 is 1.95 bits per heavy atom. The summed E-state index contributed by atoms with van der Waals surface area (Å²) in [6.07, 6.45) is 1.64. The van der Waals surface area contributed by atoms with Crippen molar-refractivity contribution in [2.45, 2.75) is 9.79 Å². The van der Waals surface area contributed by atoms with Crippen LogP contribution in [0.2, 0.25) is 0 Å². The largest absolute Gasteiger partial charge is 0.497 e. The van der Waals surface area contributed by atoms with Gasteiger partial charge in [-0.2, -0.15) is 0 Å². The topological polar surface area (TPSA) is 48.1 Å². The van der Waals surface area contributed by atoms with Gasteiger partial charge < -0.3 is 10.5 Å². The Bertz CT molecular complexity index is 790. The van der Waals surface area contributed by atoms with Gasteiger partial charge in [-0.15, -0.1) is 0 Å². The highest BCUT2D eigenvalue weighted by molar-refractivity contribution is 7.99. The molecule has 0 bridgehead atoms. The molecule has 0 radical (unpaired) electrons. The fraction of sp³-hybridized carbons (Fsp3) is 0.0625. The quantitative estimate of drug-likeness (QED) is 0.739. The molecular formula is C16H13FN2OS. The first-order valence-electron chi connectivity index (χ1n) is 6.33. The second-order valence-electron chi connectivity index (χ2n) is 4.45. The summed E-state index contributed by atoms with van der Waals surface area (Å²) in [5.41, 5.74) is 6.83. The van der Waals surface area contributed by atoms with E-state index in [2.05, 4.69) is 4.98 Å². The number of nitrogens with two attached hydrogens (primary N) is 1. The second-order valence-corrected chi connectivity index (χ2v) is 5.54. The minimum atomic E-state index is -0.362. The second kappa shape index (κ2) is 5.61. The maximum atomic E-state index is 14.2. The third-order valence-corrected chi connectivity index (χ3v) is 4.21. The van der Waals surface area contributed by atoms with Crippen molar-refractivity contribution in [3.8, 4) is 5.75 Å². The van der Waals surface area contributed by atoms with E-state index in [4.69, 9.17) is 10.5 Å². The Labute approximate surface area is 125 Å². The number of aromatic nitrogens is 1. The van der Waals surface area contributed by atoms with E-state index in [1.807, 2.05) is 30.3 Å². The smallest absolute Gasteiger partial charge is 0.141 e. The molecule has 0 saturated carbocycles. The van der Waals surface area contributed by atoms with E-state index in [0.29, 0.717) is 16.1 Å². The summed E-state index contributed by atoms with van der Waals surface area (Å²) >= 11 is 1.32. The summed E-state index contributed by atoms with van der Waals surface area (Å²) in [5.74, 6) is 0.402. The van der Waals surface area contributed by atoms with Crippen molar-refractivity contribution in [2.75, 3.05) is 12.8 Å². The van der Waals surface area contributed by atoms with Crippen molar-refractivity contribution in [2.24, 2.45) is 0 Å². The first-order valence-corrected chi connectivity index (χ1v) is 7.15. The summed E-state index contributed by atoms with van der Waals surface area (Å²) in [5, 5.41) is 0.759. The van der Waals surface area contributed by atoms with Gasteiger partial charge in [-0.3, -0.25) is 4.98 Å². The number of nitrogens with zero attached hydrogens (tertiary/aromatic N) is 1. The molecule has 0 aliphatic rings. The lowest BCUT2D eigenvalue weighted by molar-refractivity contribution is 0.414. The van der Waals surface area contributed by atoms with E-state index in [9.17, 15) is 4.39 Å². The Hall–Kier alpha value is -2.27. The van der Waals surface area contributed by atoms with Crippen LogP contribution in [-0.4, -0.2) is 12.1 Å². The lowest BCUT2D eigenvalue weighted by atomic mass is 10.2. The number of rotatable bonds is 3. The summed E-state index contributed by atoms with van der Waals surface area (Å²) < 4.78 is 19.4. The first kappa shape index (κ1) is 13.7. The monoisotopic (exact) mass is 300 g/mol. The van der Waals surface area contributed by atoms with Crippen molar-refractivity contribution in [3.05, 3.63) is 54.5 Å². The van der Waals surface area contributed by atoms with Gasteiger partial charge in [-0.25, -0.2) is 4.39 Å². The molecule has 1 heterocycles. The van der Waals surface area contributed by atoms with Crippen molar-refractivity contribution < 1.29 is 9.13 Å². The molecule has 3 aromatic rings. The number of halogens is 1. The minimum absolute atomic E-state index is 0.362. The summed E-state index contributed by atoms with van der Waals surface area (Å²) in [4.78, 5) is 5.65. The van der Waals surface area contributed by atoms with Gasteiger partial charge in [0.2, 0.25) is 0 Å². The van der Waals surface area contributed by atoms with Crippen molar-refractivity contribution in [3.63, 3.8) is 0 Å². The number of methoxy groups -OCH3 is 1. The molecule has 0 fully saturated rings. The van der Waals surface area contributed by atoms with E-state index < -0.39 is 0 Å². The summed E-state index contributed by atoms with van der Waals surface area (Å²) in [6, 6.07) is 12.4. The fourth-order valence-corrected chi connectivity index (χ4v) is 2.99. The van der Waals surface area contributed by atoms with Gasteiger partial charge >= 0.3 is 0 Å². The highest BCUT2D eigenvalue weighted by Gasteiger charge is 2.13. The van der Waals surface area contributed by atoms with Crippen LogP contribution in [-0.2, 0) is 0 Å². The van der Waals surface area contributed by atoms with E-state index in [0.717, 1.165) is 16.0 Å². The fourth-order valence-electron chi connectivity index (χ4n) is 2.07. The number of hydrogen-bond acceptors (Lipinski definition) is 4. The molecule has 1 aromatic heterocycles. The molecule has 0 aliphatic heterocycles. The summed E-state index contributed by atoms with van der Waals surface area (Å²) in [6.45, 7) is 0. The third kappa shape index (κ3) is 2.64. The van der Waals surface area contributed by atoms with E-state index in [1.54, 1.807) is 19.4 Å². The van der Waals surface area contributed by atoms with Gasteiger partial charge in [0, 0.05) is 22.2 Å². The zero-order chi connectivity index (χ0) is 14.8. The van der Waals surface area contributed by atoms with Crippen LogP contribution in [0.1, 0.15) is 0 Å². The Kier molecular flexibility index (Phi) is 3.66. The van der Waals surface area contributed by atoms with Crippen molar-refractivity contribution >= 4 is 28.4 Å². The molecule has 0 unspecified atom stereocenters. The molecule has 2 aromatic carbocycles. The van der Waals surface area contributed by atoms with E-state index in [1.165, 1.54) is 17.8 Å². The molecular weight excluding hydrogens is 287 g/mol. The number of anilines is 1. The van der Waals surface area contributed by atoms with Gasteiger partial charge in [0.1, 0.15) is 11.6 Å². The molecule has 0 aliphatic carbocycles. The summed E-state index contributed by atoms with van der Waals surface area (Å²) in [7, 11) is 1.61. The number of pyridine rings is 1. The number of ether oxygens (including phenoxy) is 1. The van der Waals surface area contributed by atoms with Crippen LogP contribution in [0, 0.1) is 5.82 Å². The van der Waals surface area contributed by atoms with Gasteiger partial charge in [0.25, 0.3) is 0 Å². The van der Waals surface area contributed by atoms with Crippen LogP contribution >= 0.6 is 11.8 Å². The predicted molar refractivity (Wildman–Crippen MR) is 83.2 cm³/mol. The Balaban J connectivity index is 2.07. The van der Waals surface area contributed by atoms with Gasteiger partial charge in [0.05, 0.1) is 17.5 Å². The molecule has 3 nitrogen and oxygen atoms in total. The maximum absolute atomic E-state index is 14.2. The Morgan fingerprint density at radius 3 is 2.67 bits per heavy atom. The zero-order valence-corrected chi connectivity index (χ0v) is 12.2. The highest BCUT2D eigenvalue weighted by Crippen LogP contribution is 2.37. The number of hydrogen-bond donors (Lipinski definition) is 1. The average molecular weight is 300 g/mol. The molecule has 106 valence electrons. The predicted octanol–water partition coefficient (Wildman–Crippen LogP) is 4.12. The van der Waals surface area contributed by atoms with Crippen molar-refractivity contribution in [1.82, 2.24) is 4.98 Å². The molecule has 0 atom stereocenters. The van der Waals surface area contributed by atoms with Crippen LogP contribution in [0.25, 0.3) is 10.9 Å². The normalized spacial score (nSPS) is 10.8. The zero-order valence-electron chi connectivity index (χ0n) is 11.3. The highest BCUT2D eigenvalue weighted by atomic mass is 32.2. The van der Waals surface area contributed by atoms with E-state index in [-0.39, 0.29) is 5.82 Å². The number of fused-ring (bicyclic) bond motifs is 1. The van der Waals surface area contributed by atoms with Gasteiger partial charge in [-0.1, -0.05) is 11.8 Å². The molecule has 0 amide bonds. The van der Waals surface area contributed by atoms with Crippen LogP contribution in [0.4, 0.5) is 10.1 Å². The third-order valence-electron chi connectivity index (χ3n) is 3.11. The minimum Gasteiger partial charge on any atom is -0.497 e. The number of benzene rings is 2. The maximum Gasteiger partial charge on any atom is 0.141 e. The Morgan fingerprint density at radius 1 is 1.19 bits per heavy atom. The van der Waals surface area contributed by atoms with Crippen LogP contribution in [0.5, 0.6) is 5.75 Å². The van der Waals surface area contributed by atoms with Gasteiger partial charge in [-0.05, 0) is 42.5 Å². The van der Waals surface area contributed by atoms with E-state index >= 15 is 0 Å². The molecule has 2 N–H and O–H groups in total. The molecule has 5 heteroatoms. The number of nitrogen functional groups attached to an aromatic ring is 1. The molecule has 0 spiro atoms. The van der Waals surface area contributed by atoms with Crippen LogP contribution in [0.15, 0.2) is 58.5 Å². The van der Waals surface area contributed by atoms with Gasteiger partial charge in [0.15, 0.2) is 0 Å². The molecule has 21 heavy (non-hydrogen) atoms. The van der Waals surface area contributed by atoms with Crippen LogP contribution < -0.4 is 10.5 Å².